The largest absolute Gasteiger partial charge is 0.465 e. The number of benzene rings is 2. The highest BCUT2D eigenvalue weighted by Gasteiger charge is 2.32. The van der Waals surface area contributed by atoms with Crippen LogP contribution in [0.5, 0.6) is 11.5 Å². The van der Waals surface area contributed by atoms with Gasteiger partial charge in [0, 0.05) is 12.1 Å². The number of hydrogen-bond acceptors (Lipinski definition) is 5. The lowest BCUT2D eigenvalue weighted by Gasteiger charge is -2.13. The normalized spacial score (nSPS) is 11.2. The molecule has 6 nitrogen and oxygen atoms in total. The standard InChI is InChI=1S/C15H8Cl2F3NO5/c1-25-14(22)9-6-8(2-3-12(9)21(23)24)26-13-10(16)4-7(5-11(13)17)15(18,19)20/h2-6H,1H3. The molecule has 0 fully saturated rings. The number of nitrogens with zero attached hydrogens (tertiary/aromatic N) is 1. The highest BCUT2D eigenvalue weighted by molar-refractivity contribution is 6.37. The van der Waals surface area contributed by atoms with Gasteiger partial charge in [0.15, 0.2) is 5.75 Å². The summed E-state index contributed by atoms with van der Waals surface area (Å²) >= 11 is 11.6. The molecule has 0 unspecified atom stereocenters. The minimum Gasteiger partial charge on any atom is -0.465 e. The van der Waals surface area contributed by atoms with Crippen LogP contribution in [0, 0.1) is 10.1 Å². The summed E-state index contributed by atoms with van der Waals surface area (Å²) in [6, 6.07) is 4.35. The molecule has 2 rings (SSSR count). The molecule has 0 heterocycles. The van der Waals surface area contributed by atoms with Crippen molar-refractivity contribution in [2.45, 2.75) is 6.18 Å². The second-order valence-corrected chi connectivity index (χ2v) is 5.61. The summed E-state index contributed by atoms with van der Waals surface area (Å²) in [6.45, 7) is 0. The molecule has 0 saturated carbocycles. The van der Waals surface area contributed by atoms with Crippen LogP contribution in [0.15, 0.2) is 30.3 Å². The fraction of sp³-hybridized carbons (Fsp3) is 0.133. The lowest BCUT2D eigenvalue weighted by Crippen LogP contribution is -2.06. The van der Waals surface area contributed by atoms with Crippen molar-refractivity contribution < 1.29 is 32.4 Å². The lowest BCUT2D eigenvalue weighted by atomic mass is 10.1. The number of halogens is 5. The van der Waals surface area contributed by atoms with Crippen molar-refractivity contribution >= 4 is 34.9 Å². The first kappa shape index (κ1) is 19.8. The Morgan fingerprint density at radius 1 is 1.15 bits per heavy atom. The van der Waals surface area contributed by atoms with Gasteiger partial charge in [0.1, 0.15) is 11.3 Å². The van der Waals surface area contributed by atoms with Crippen LogP contribution < -0.4 is 4.74 Å². The Morgan fingerprint density at radius 3 is 2.19 bits per heavy atom. The monoisotopic (exact) mass is 409 g/mol. The number of carbonyl (C=O) groups excluding carboxylic acids is 1. The molecule has 0 spiro atoms. The maximum absolute atomic E-state index is 12.7. The van der Waals surface area contributed by atoms with E-state index in [4.69, 9.17) is 27.9 Å². The van der Waals surface area contributed by atoms with E-state index >= 15 is 0 Å². The SMILES string of the molecule is COC(=O)c1cc(Oc2c(Cl)cc(C(F)(F)F)cc2Cl)ccc1[N+](=O)[O-]. The smallest absolute Gasteiger partial charge is 0.416 e. The van der Waals surface area contributed by atoms with Crippen LogP contribution >= 0.6 is 23.2 Å². The third kappa shape index (κ3) is 4.17. The predicted molar refractivity (Wildman–Crippen MR) is 86.0 cm³/mol. The highest BCUT2D eigenvalue weighted by Crippen LogP contribution is 2.42. The maximum Gasteiger partial charge on any atom is 0.416 e. The molecule has 0 aliphatic rings. The van der Waals surface area contributed by atoms with E-state index < -0.39 is 43.9 Å². The topological polar surface area (TPSA) is 78.7 Å². The van der Waals surface area contributed by atoms with Crippen molar-refractivity contribution in [2.24, 2.45) is 0 Å². The van der Waals surface area contributed by atoms with Crippen LogP contribution in [0.1, 0.15) is 15.9 Å². The van der Waals surface area contributed by atoms with E-state index in [1.54, 1.807) is 0 Å². The molecule has 26 heavy (non-hydrogen) atoms. The first-order valence-electron chi connectivity index (χ1n) is 6.65. The summed E-state index contributed by atoms with van der Waals surface area (Å²) in [4.78, 5) is 21.8. The number of nitro benzene ring substituents is 1. The Morgan fingerprint density at radius 2 is 1.73 bits per heavy atom. The highest BCUT2D eigenvalue weighted by atomic mass is 35.5. The zero-order chi connectivity index (χ0) is 19.6. The molecule has 0 radical (unpaired) electrons. The third-order valence-electron chi connectivity index (χ3n) is 3.12. The first-order valence-corrected chi connectivity index (χ1v) is 7.41. The molecular weight excluding hydrogens is 402 g/mol. The second-order valence-electron chi connectivity index (χ2n) is 4.80. The molecule has 0 aromatic heterocycles. The zero-order valence-electron chi connectivity index (χ0n) is 12.8. The van der Waals surface area contributed by atoms with E-state index in [2.05, 4.69) is 4.74 Å². The van der Waals surface area contributed by atoms with E-state index in [9.17, 15) is 28.1 Å². The summed E-state index contributed by atoms with van der Waals surface area (Å²) in [6.07, 6.45) is -4.66. The van der Waals surface area contributed by atoms with Gasteiger partial charge in [-0.1, -0.05) is 23.2 Å². The van der Waals surface area contributed by atoms with Crippen molar-refractivity contribution in [1.29, 1.82) is 0 Å². The van der Waals surface area contributed by atoms with Gasteiger partial charge in [0.2, 0.25) is 0 Å². The molecule has 0 aliphatic heterocycles. The van der Waals surface area contributed by atoms with E-state index in [1.807, 2.05) is 0 Å². The molecule has 11 heteroatoms. The van der Waals surface area contributed by atoms with Crippen molar-refractivity contribution in [3.8, 4) is 11.5 Å². The molecule has 2 aromatic rings. The molecule has 138 valence electrons. The van der Waals surface area contributed by atoms with Gasteiger partial charge >= 0.3 is 12.1 Å². The Labute approximate surface area is 154 Å². The summed E-state index contributed by atoms with van der Waals surface area (Å²) in [7, 11) is 1.03. The van der Waals surface area contributed by atoms with Gasteiger partial charge in [-0.15, -0.1) is 0 Å². The molecule has 0 bridgehead atoms. The predicted octanol–water partition coefficient (Wildman–Crippen LogP) is 5.50. The molecule has 0 amide bonds. The summed E-state index contributed by atoms with van der Waals surface area (Å²) in [5.41, 5.74) is -2.01. The fourth-order valence-electron chi connectivity index (χ4n) is 1.95. The molecule has 0 saturated heterocycles. The van der Waals surface area contributed by atoms with E-state index in [0.29, 0.717) is 12.1 Å². The Hall–Kier alpha value is -2.52. The van der Waals surface area contributed by atoms with Crippen LogP contribution in [0.2, 0.25) is 10.0 Å². The van der Waals surface area contributed by atoms with E-state index in [-0.39, 0.29) is 11.5 Å². The number of rotatable bonds is 4. The Balaban J connectivity index is 2.46. The van der Waals surface area contributed by atoms with Crippen LogP contribution in [0.4, 0.5) is 18.9 Å². The van der Waals surface area contributed by atoms with Gasteiger partial charge < -0.3 is 9.47 Å². The van der Waals surface area contributed by atoms with Crippen LogP contribution in [0.3, 0.4) is 0 Å². The number of methoxy groups -OCH3 is 1. The fourth-order valence-corrected chi connectivity index (χ4v) is 2.51. The third-order valence-corrected chi connectivity index (χ3v) is 3.68. The van der Waals surface area contributed by atoms with Crippen molar-refractivity contribution in [3.05, 3.63) is 61.6 Å². The molecule has 2 aromatic carbocycles. The number of nitro groups is 1. The summed E-state index contributed by atoms with van der Waals surface area (Å²) < 4.78 is 48.0. The van der Waals surface area contributed by atoms with Gasteiger partial charge in [-0.2, -0.15) is 13.2 Å². The van der Waals surface area contributed by atoms with Crippen LogP contribution in [-0.2, 0) is 10.9 Å². The minimum atomic E-state index is -4.66. The molecule has 0 N–H and O–H groups in total. The number of esters is 1. The molecular formula is C15H8Cl2F3NO5. The van der Waals surface area contributed by atoms with Gasteiger partial charge in [0.05, 0.1) is 27.6 Å². The quantitative estimate of drug-likeness (QED) is 0.378. The Bertz CT molecular complexity index is 863. The zero-order valence-corrected chi connectivity index (χ0v) is 14.3. The van der Waals surface area contributed by atoms with E-state index in [0.717, 1.165) is 25.3 Å². The summed E-state index contributed by atoms with van der Waals surface area (Å²) in [5, 5.41) is 10.1. The van der Waals surface area contributed by atoms with Crippen molar-refractivity contribution in [1.82, 2.24) is 0 Å². The van der Waals surface area contributed by atoms with Crippen LogP contribution in [0.25, 0.3) is 0 Å². The van der Waals surface area contributed by atoms with Gasteiger partial charge in [-0.25, -0.2) is 4.79 Å². The Kier molecular flexibility index (Phi) is 5.62. The number of carbonyl (C=O) groups is 1. The first-order chi connectivity index (χ1) is 12.0. The van der Waals surface area contributed by atoms with Gasteiger partial charge in [-0.3, -0.25) is 10.1 Å². The van der Waals surface area contributed by atoms with Crippen molar-refractivity contribution in [3.63, 3.8) is 0 Å². The van der Waals surface area contributed by atoms with Gasteiger partial charge in [0.25, 0.3) is 5.69 Å². The minimum absolute atomic E-state index is 0.112. The van der Waals surface area contributed by atoms with Crippen molar-refractivity contribution in [2.75, 3.05) is 7.11 Å². The van der Waals surface area contributed by atoms with E-state index in [1.165, 1.54) is 0 Å². The molecule has 0 atom stereocenters. The average Bonchev–Trinajstić information content (AvgIpc) is 2.56. The van der Waals surface area contributed by atoms with Crippen LogP contribution in [-0.4, -0.2) is 18.0 Å². The average molecular weight is 410 g/mol. The lowest BCUT2D eigenvalue weighted by molar-refractivity contribution is -0.385. The molecule has 0 aliphatic carbocycles. The number of alkyl halides is 3. The number of hydrogen-bond donors (Lipinski definition) is 0. The summed E-state index contributed by atoms with van der Waals surface area (Å²) in [5.74, 6) is -1.41. The number of ether oxygens (including phenoxy) is 2. The second kappa shape index (κ2) is 7.38. The maximum atomic E-state index is 12.7. The van der Waals surface area contributed by atoms with Gasteiger partial charge in [-0.05, 0) is 18.2 Å².